The van der Waals surface area contributed by atoms with Crippen LogP contribution in [-0.4, -0.2) is 29.5 Å². The van der Waals surface area contributed by atoms with E-state index in [0.717, 1.165) is 5.69 Å². The molecule has 0 fully saturated rings. The maximum atomic E-state index is 12.3. The second-order valence-corrected chi connectivity index (χ2v) is 4.27. The first-order valence-electron chi connectivity index (χ1n) is 5.92. The van der Waals surface area contributed by atoms with Crippen molar-refractivity contribution in [2.75, 3.05) is 18.5 Å². The molecule has 3 rings (SSSR count). The monoisotopic (exact) mass is 285 g/mol. The minimum atomic E-state index is -4.37. The lowest BCUT2D eigenvalue weighted by Crippen LogP contribution is -2.18. The van der Waals surface area contributed by atoms with Gasteiger partial charge in [-0.05, 0) is 12.1 Å². The third-order valence-corrected chi connectivity index (χ3v) is 2.74. The zero-order chi connectivity index (χ0) is 14.2. The highest BCUT2D eigenvalue weighted by molar-refractivity contribution is 5.74. The molecule has 0 saturated heterocycles. The molecule has 20 heavy (non-hydrogen) atoms. The van der Waals surface area contributed by atoms with E-state index in [1.54, 1.807) is 12.1 Å². The van der Waals surface area contributed by atoms with Crippen LogP contribution in [-0.2, 0) is 6.42 Å². The Labute approximate surface area is 111 Å². The molecule has 1 aromatic carbocycles. The Morgan fingerprint density at radius 3 is 2.95 bits per heavy atom. The molecule has 2 heterocycles. The van der Waals surface area contributed by atoms with Crippen molar-refractivity contribution in [2.45, 2.75) is 12.6 Å². The number of hydrogen-bond donors (Lipinski definition) is 1. The molecule has 8 heteroatoms. The Kier molecular flexibility index (Phi) is 3.00. The van der Waals surface area contributed by atoms with E-state index in [1.165, 1.54) is 0 Å². The zero-order valence-electron chi connectivity index (χ0n) is 10.2. The molecule has 5 nitrogen and oxygen atoms in total. The Bertz CT molecular complexity index is 625. The van der Waals surface area contributed by atoms with Gasteiger partial charge < -0.3 is 14.6 Å². The van der Waals surface area contributed by atoms with Crippen LogP contribution in [0.2, 0.25) is 0 Å². The topological polar surface area (TPSA) is 60.2 Å². The van der Waals surface area contributed by atoms with Crippen LogP contribution in [0.3, 0.4) is 0 Å². The van der Waals surface area contributed by atoms with Gasteiger partial charge in [0.05, 0.1) is 11.3 Å². The van der Waals surface area contributed by atoms with Gasteiger partial charge in [0.1, 0.15) is 13.0 Å². The van der Waals surface area contributed by atoms with Gasteiger partial charge in [-0.3, -0.25) is 0 Å². The molecule has 0 radical (unpaired) electrons. The van der Waals surface area contributed by atoms with Crippen LogP contribution >= 0.6 is 0 Å². The number of anilines is 1. The van der Waals surface area contributed by atoms with Crippen molar-refractivity contribution in [3.05, 3.63) is 24.0 Å². The Morgan fingerprint density at radius 2 is 2.15 bits per heavy atom. The number of nitrogens with zero attached hydrogens (tertiary/aromatic N) is 2. The number of ether oxygens (including phenoxy) is 1. The van der Waals surface area contributed by atoms with Crippen molar-refractivity contribution in [3.8, 4) is 17.2 Å². The Balaban J connectivity index is 1.94. The summed E-state index contributed by atoms with van der Waals surface area (Å²) < 4.78 is 47.2. The summed E-state index contributed by atoms with van der Waals surface area (Å²) in [6.07, 6.45) is -5.58. The lowest BCUT2D eigenvalue weighted by Gasteiger charge is -2.20. The Morgan fingerprint density at radius 1 is 1.30 bits per heavy atom. The maximum absolute atomic E-state index is 12.3. The van der Waals surface area contributed by atoms with Gasteiger partial charge in [-0.25, -0.2) is 0 Å². The van der Waals surface area contributed by atoms with Gasteiger partial charge >= 0.3 is 6.18 Å². The van der Waals surface area contributed by atoms with Crippen molar-refractivity contribution in [3.63, 3.8) is 0 Å². The number of fused-ring (bicyclic) bond motifs is 1. The van der Waals surface area contributed by atoms with E-state index in [0.29, 0.717) is 24.5 Å². The standard InChI is InChI=1S/C12H10F3N3O2/c13-12(14,15)6-9-17-11(20-18-9)7-2-1-3-8-10(7)19-5-4-16-8/h1-3,16H,4-6H2. The van der Waals surface area contributed by atoms with Crippen LogP contribution in [0.1, 0.15) is 5.82 Å². The summed E-state index contributed by atoms with van der Waals surface area (Å²) in [6, 6.07) is 5.21. The molecule has 0 saturated carbocycles. The van der Waals surface area contributed by atoms with E-state index >= 15 is 0 Å². The van der Waals surface area contributed by atoms with Gasteiger partial charge in [-0.15, -0.1) is 0 Å². The third-order valence-electron chi connectivity index (χ3n) is 2.74. The fourth-order valence-corrected chi connectivity index (χ4v) is 1.95. The summed E-state index contributed by atoms with van der Waals surface area (Å²) >= 11 is 0. The minimum absolute atomic E-state index is 0.0183. The number of nitrogens with one attached hydrogen (secondary N) is 1. The number of para-hydroxylation sites is 1. The van der Waals surface area contributed by atoms with Crippen LogP contribution in [0.5, 0.6) is 5.75 Å². The smallest absolute Gasteiger partial charge is 0.396 e. The SMILES string of the molecule is FC(F)(F)Cc1noc(-c2cccc3c2OCCN3)n1. The lowest BCUT2D eigenvalue weighted by molar-refractivity contribution is -0.128. The van der Waals surface area contributed by atoms with Gasteiger partial charge in [0, 0.05) is 6.54 Å². The van der Waals surface area contributed by atoms with E-state index in [4.69, 9.17) is 9.26 Å². The summed E-state index contributed by atoms with van der Waals surface area (Å²) in [5.41, 5.74) is 1.24. The number of alkyl halides is 3. The predicted octanol–water partition coefficient (Wildman–Crippen LogP) is 2.65. The molecule has 0 aliphatic carbocycles. The van der Waals surface area contributed by atoms with Crippen LogP contribution in [0, 0.1) is 0 Å². The number of hydrogen-bond acceptors (Lipinski definition) is 5. The van der Waals surface area contributed by atoms with E-state index in [9.17, 15) is 13.2 Å². The van der Waals surface area contributed by atoms with Gasteiger partial charge in [0.25, 0.3) is 5.89 Å². The fourth-order valence-electron chi connectivity index (χ4n) is 1.95. The van der Waals surface area contributed by atoms with E-state index < -0.39 is 18.4 Å². The number of rotatable bonds is 2. The zero-order valence-corrected chi connectivity index (χ0v) is 10.2. The molecule has 0 atom stereocenters. The highest BCUT2D eigenvalue weighted by Crippen LogP contribution is 2.37. The molecule has 1 aliphatic heterocycles. The molecule has 0 amide bonds. The molecule has 2 aromatic rings. The largest absolute Gasteiger partial charge is 0.489 e. The fraction of sp³-hybridized carbons (Fsp3) is 0.333. The van der Waals surface area contributed by atoms with Gasteiger partial charge in [0.2, 0.25) is 0 Å². The van der Waals surface area contributed by atoms with Crippen molar-refractivity contribution in [1.82, 2.24) is 10.1 Å². The van der Waals surface area contributed by atoms with Crippen LogP contribution in [0.25, 0.3) is 11.5 Å². The number of halogens is 3. The highest BCUT2D eigenvalue weighted by atomic mass is 19.4. The summed E-state index contributed by atoms with van der Waals surface area (Å²) in [5.74, 6) is 0.139. The second-order valence-electron chi connectivity index (χ2n) is 4.27. The van der Waals surface area contributed by atoms with Crippen molar-refractivity contribution in [1.29, 1.82) is 0 Å². The summed E-state index contributed by atoms with van der Waals surface area (Å²) in [6.45, 7) is 1.13. The van der Waals surface area contributed by atoms with Gasteiger partial charge in [0.15, 0.2) is 11.6 Å². The normalized spacial score (nSPS) is 14.3. The van der Waals surface area contributed by atoms with E-state index in [2.05, 4.69) is 15.5 Å². The van der Waals surface area contributed by atoms with Gasteiger partial charge in [-0.2, -0.15) is 18.2 Å². The molecule has 1 aliphatic rings. The molecular formula is C12H10F3N3O2. The maximum Gasteiger partial charge on any atom is 0.396 e. The molecule has 106 valence electrons. The third kappa shape index (κ3) is 2.54. The first-order valence-corrected chi connectivity index (χ1v) is 5.92. The van der Waals surface area contributed by atoms with Crippen LogP contribution < -0.4 is 10.1 Å². The highest BCUT2D eigenvalue weighted by Gasteiger charge is 2.31. The summed E-state index contributed by atoms with van der Waals surface area (Å²) in [5, 5.41) is 6.47. The van der Waals surface area contributed by atoms with Crippen LogP contribution in [0.15, 0.2) is 22.7 Å². The first-order chi connectivity index (χ1) is 9.53. The lowest BCUT2D eigenvalue weighted by atomic mass is 10.1. The molecule has 0 bridgehead atoms. The average Bonchev–Trinajstić information content (AvgIpc) is 2.84. The first kappa shape index (κ1) is 12.8. The van der Waals surface area contributed by atoms with Crippen LogP contribution in [0.4, 0.5) is 18.9 Å². The van der Waals surface area contributed by atoms with Gasteiger partial charge in [-0.1, -0.05) is 11.2 Å². The molecule has 1 aromatic heterocycles. The average molecular weight is 285 g/mol. The van der Waals surface area contributed by atoms with E-state index in [-0.39, 0.29) is 5.89 Å². The minimum Gasteiger partial charge on any atom is -0.489 e. The molecule has 1 N–H and O–H groups in total. The number of benzene rings is 1. The molecular weight excluding hydrogens is 275 g/mol. The number of aromatic nitrogens is 2. The summed E-state index contributed by atoms with van der Waals surface area (Å²) in [4.78, 5) is 3.77. The summed E-state index contributed by atoms with van der Waals surface area (Å²) in [7, 11) is 0. The predicted molar refractivity (Wildman–Crippen MR) is 63.5 cm³/mol. The Hall–Kier alpha value is -2.25. The van der Waals surface area contributed by atoms with Crippen molar-refractivity contribution >= 4 is 5.69 Å². The molecule has 0 spiro atoms. The van der Waals surface area contributed by atoms with Crippen molar-refractivity contribution < 1.29 is 22.4 Å². The quantitative estimate of drug-likeness (QED) is 0.919. The molecule has 0 unspecified atom stereocenters. The van der Waals surface area contributed by atoms with E-state index in [1.807, 2.05) is 6.07 Å². The second kappa shape index (κ2) is 4.69. The van der Waals surface area contributed by atoms with Crippen molar-refractivity contribution in [2.24, 2.45) is 0 Å².